The maximum absolute atomic E-state index is 5.35. The van der Waals surface area contributed by atoms with E-state index in [2.05, 4.69) is 56.9 Å². The fourth-order valence-corrected chi connectivity index (χ4v) is 3.65. The number of nitrogens with one attached hydrogen (secondary N) is 1. The van der Waals surface area contributed by atoms with Crippen LogP contribution in [0.4, 0.5) is 0 Å². The monoisotopic (exact) mass is 540 g/mol. The minimum Gasteiger partial charge on any atom is -0.375 e. The second kappa shape index (κ2) is 12.0. The molecule has 0 aliphatic rings. The first-order chi connectivity index (χ1) is 14.1. The lowest BCUT2D eigenvalue weighted by Crippen LogP contribution is -2.38. The van der Waals surface area contributed by atoms with Gasteiger partial charge in [0.2, 0.25) is 0 Å². The van der Waals surface area contributed by atoms with Crippen LogP contribution in [-0.4, -0.2) is 46.3 Å². The zero-order chi connectivity index (χ0) is 20.6. The van der Waals surface area contributed by atoms with Crippen molar-refractivity contribution in [3.05, 3.63) is 64.4 Å². The van der Waals surface area contributed by atoms with Gasteiger partial charge < -0.3 is 15.0 Å². The summed E-state index contributed by atoms with van der Waals surface area (Å²) >= 11 is 1.63. The Morgan fingerprint density at radius 1 is 1.33 bits per heavy atom. The van der Waals surface area contributed by atoms with Gasteiger partial charge in [0, 0.05) is 38.5 Å². The fourth-order valence-electron chi connectivity index (χ4n) is 2.81. The second-order valence-corrected chi connectivity index (χ2v) is 7.59. The first kappa shape index (κ1) is 24.3. The minimum atomic E-state index is 0. The zero-order valence-electron chi connectivity index (χ0n) is 17.8. The molecular weight excluding hydrogens is 511 g/mol. The van der Waals surface area contributed by atoms with Crippen molar-refractivity contribution >= 4 is 41.3 Å². The van der Waals surface area contributed by atoms with Gasteiger partial charge in [0.15, 0.2) is 5.96 Å². The molecule has 0 aliphatic carbocycles. The maximum Gasteiger partial charge on any atom is 0.194 e. The average molecular weight is 540 g/mol. The van der Waals surface area contributed by atoms with Gasteiger partial charge in [-0.25, -0.2) is 14.7 Å². The molecule has 0 aliphatic heterocycles. The largest absolute Gasteiger partial charge is 0.375 e. The Bertz CT molecular complexity index is 910. The van der Waals surface area contributed by atoms with Crippen LogP contribution in [0.5, 0.6) is 0 Å². The van der Waals surface area contributed by atoms with Crippen LogP contribution in [-0.2, 0) is 17.8 Å². The molecule has 0 fully saturated rings. The Morgan fingerprint density at radius 2 is 2.10 bits per heavy atom. The van der Waals surface area contributed by atoms with Crippen molar-refractivity contribution in [2.24, 2.45) is 4.99 Å². The second-order valence-electron chi connectivity index (χ2n) is 6.70. The highest BCUT2D eigenvalue weighted by atomic mass is 127. The van der Waals surface area contributed by atoms with Crippen LogP contribution < -0.4 is 5.32 Å². The third kappa shape index (κ3) is 6.51. The molecule has 3 aromatic rings. The van der Waals surface area contributed by atoms with Crippen LogP contribution in [0.1, 0.15) is 36.2 Å². The van der Waals surface area contributed by atoms with Gasteiger partial charge in [-0.15, -0.1) is 35.3 Å². The van der Waals surface area contributed by atoms with E-state index in [0.29, 0.717) is 13.1 Å². The molecule has 0 radical (unpaired) electrons. The zero-order valence-corrected chi connectivity index (χ0v) is 20.9. The van der Waals surface area contributed by atoms with E-state index < -0.39 is 0 Å². The average Bonchev–Trinajstić information content (AvgIpc) is 3.43. The Kier molecular flexibility index (Phi) is 9.73. The van der Waals surface area contributed by atoms with Crippen molar-refractivity contribution in [1.29, 1.82) is 0 Å². The molecule has 2 heterocycles. The molecule has 30 heavy (non-hydrogen) atoms. The summed E-state index contributed by atoms with van der Waals surface area (Å²) in [5.74, 6) is 0.859. The number of aliphatic imine (C=N–C) groups is 1. The van der Waals surface area contributed by atoms with Crippen molar-refractivity contribution in [2.75, 3.05) is 20.7 Å². The van der Waals surface area contributed by atoms with E-state index in [1.807, 2.05) is 30.9 Å². The topological polar surface area (TPSA) is 67.6 Å². The summed E-state index contributed by atoms with van der Waals surface area (Å²) in [6.45, 7) is 6.19. The van der Waals surface area contributed by atoms with Crippen molar-refractivity contribution in [3.8, 4) is 5.69 Å². The maximum atomic E-state index is 5.35. The number of hydrogen-bond acceptors (Lipinski definition) is 5. The third-order valence-corrected chi connectivity index (χ3v) is 5.54. The molecular formula is C21H29IN6OS. The van der Waals surface area contributed by atoms with Gasteiger partial charge in [0.05, 0.1) is 24.5 Å². The molecule has 1 aromatic carbocycles. The number of nitrogens with zero attached hydrogens (tertiary/aromatic N) is 5. The number of methoxy groups -OCH3 is 1. The first-order valence-corrected chi connectivity index (χ1v) is 10.5. The highest BCUT2D eigenvalue weighted by Crippen LogP contribution is 2.21. The van der Waals surface area contributed by atoms with Crippen molar-refractivity contribution < 1.29 is 4.74 Å². The summed E-state index contributed by atoms with van der Waals surface area (Å²) in [5, 5.41) is 10.7. The minimum absolute atomic E-state index is 0. The van der Waals surface area contributed by atoms with Crippen molar-refractivity contribution in [1.82, 2.24) is 25.0 Å². The number of rotatable bonds is 8. The van der Waals surface area contributed by atoms with E-state index in [1.54, 1.807) is 24.6 Å². The van der Waals surface area contributed by atoms with Crippen molar-refractivity contribution in [2.45, 2.75) is 33.0 Å². The Morgan fingerprint density at radius 3 is 2.73 bits per heavy atom. The Hall–Kier alpha value is -1.98. The Balaban J connectivity index is 0.00000320. The number of thiazole rings is 1. The number of aromatic nitrogens is 3. The molecule has 0 spiro atoms. The molecule has 1 N–H and O–H groups in total. The molecule has 0 saturated carbocycles. The quantitative estimate of drug-likeness (QED) is 0.263. The molecule has 9 heteroatoms. The van der Waals surface area contributed by atoms with Crippen LogP contribution in [0, 0.1) is 0 Å². The van der Waals surface area contributed by atoms with E-state index in [4.69, 9.17) is 9.73 Å². The number of ether oxygens (including phenoxy) is 1. The number of benzene rings is 1. The summed E-state index contributed by atoms with van der Waals surface area (Å²) < 4.78 is 7.20. The predicted molar refractivity (Wildman–Crippen MR) is 133 cm³/mol. The molecule has 0 bridgehead atoms. The van der Waals surface area contributed by atoms with Gasteiger partial charge >= 0.3 is 0 Å². The molecule has 1 unspecified atom stereocenters. The SMILES string of the molecule is CCNC(=NCc1ccc(-n2cccn2)cc1)N(C)Cc1csc(C(C)OC)n1.I. The van der Waals surface area contributed by atoms with Gasteiger partial charge in [-0.2, -0.15) is 5.10 Å². The first-order valence-electron chi connectivity index (χ1n) is 9.66. The molecule has 2 aromatic heterocycles. The lowest BCUT2D eigenvalue weighted by Gasteiger charge is -2.21. The molecule has 3 rings (SSSR count). The molecule has 162 valence electrons. The van der Waals surface area contributed by atoms with E-state index in [1.165, 1.54) is 0 Å². The lowest BCUT2D eigenvalue weighted by atomic mass is 10.2. The van der Waals surface area contributed by atoms with E-state index in [0.717, 1.165) is 34.5 Å². The van der Waals surface area contributed by atoms with Crippen LogP contribution in [0.15, 0.2) is 53.1 Å². The van der Waals surface area contributed by atoms with Crippen LogP contribution >= 0.6 is 35.3 Å². The molecule has 0 saturated heterocycles. The summed E-state index contributed by atoms with van der Waals surface area (Å²) in [6.07, 6.45) is 3.73. The van der Waals surface area contributed by atoms with Gasteiger partial charge in [0.1, 0.15) is 11.1 Å². The summed E-state index contributed by atoms with van der Waals surface area (Å²) in [4.78, 5) is 11.6. The van der Waals surface area contributed by atoms with Crippen LogP contribution in [0.3, 0.4) is 0 Å². The van der Waals surface area contributed by atoms with E-state index in [9.17, 15) is 0 Å². The van der Waals surface area contributed by atoms with Crippen molar-refractivity contribution in [3.63, 3.8) is 0 Å². The summed E-state index contributed by atoms with van der Waals surface area (Å²) in [5.41, 5.74) is 3.21. The summed E-state index contributed by atoms with van der Waals surface area (Å²) in [7, 11) is 3.73. The van der Waals surface area contributed by atoms with Gasteiger partial charge in [-0.1, -0.05) is 12.1 Å². The van der Waals surface area contributed by atoms with E-state index in [-0.39, 0.29) is 30.1 Å². The van der Waals surface area contributed by atoms with Gasteiger partial charge in [-0.3, -0.25) is 0 Å². The number of guanidine groups is 1. The standard InChI is InChI=1S/C21H28N6OS.HI/c1-5-22-21(26(3)14-18-15-29-20(25-18)16(2)28-4)23-13-17-7-9-19(10-8-17)27-12-6-11-24-27;/h6-12,15-16H,5,13-14H2,1-4H3,(H,22,23);1H. The number of hydrogen-bond donors (Lipinski definition) is 1. The number of halogens is 1. The van der Waals surface area contributed by atoms with Gasteiger partial charge in [0.25, 0.3) is 0 Å². The highest BCUT2D eigenvalue weighted by Gasteiger charge is 2.12. The molecule has 1 atom stereocenters. The smallest absolute Gasteiger partial charge is 0.194 e. The fraction of sp³-hybridized carbons (Fsp3) is 0.381. The summed E-state index contributed by atoms with van der Waals surface area (Å²) in [6, 6.07) is 10.2. The highest BCUT2D eigenvalue weighted by molar-refractivity contribution is 14.0. The van der Waals surface area contributed by atoms with E-state index >= 15 is 0 Å². The van der Waals surface area contributed by atoms with Crippen LogP contribution in [0.2, 0.25) is 0 Å². The van der Waals surface area contributed by atoms with Crippen LogP contribution in [0.25, 0.3) is 5.69 Å². The lowest BCUT2D eigenvalue weighted by molar-refractivity contribution is 0.119. The normalized spacial score (nSPS) is 12.3. The Labute approximate surface area is 199 Å². The predicted octanol–water partition coefficient (Wildman–Crippen LogP) is 4.25. The third-order valence-electron chi connectivity index (χ3n) is 4.48. The molecule has 7 nitrogen and oxygen atoms in total. The molecule has 0 amide bonds. The van der Waals surface area contributed by atoms with Gasteiger partial charge in [-0.05, 0) is 37.6 Å².